The van der Waals surface area contributed by atoms with Crippen LogP contribution in [0, 0.1) is 0 Å². The second kappa shape index (κ2) is 7.86. The van der Waals surface area contributed by atoms with Crippen LogP contribution in [0.3, 0.4) is 0 Å². The second-order valence-electron chi connectivity index (χ2n) is 6.45. The number of likely N-dealkylation sites (N-methyl/N-ethyl adjacent to an activating group) is 1. The lowest BCUT2D eigenvalue weighted by Crippen LogP contribution is -2.34. The normalized spacial score (nSPS) is 11.3. The summed E-state index contributed by atoms with van der Waals surface area (Å²) in [6, 6.07) is 12.2. The number of halogens is 3. The van der Waals surface area contributed by atoms with Gasteiger partial charge in [-0.1, -0.05) is 18.2 Å². The monoisotopic (exact) mass is 405 g/mol. The van der Waals surface area contributed by atoms with Gasteiger partial charge >= 0.3 is 6.36 Å². The topological polar surface area (TPSA) is 63.6 Å². The minimum Gasteiger partial charge on any atom is -0.406 e. The average Bonchev–Trinajstić information content (AvgIpc) is 2.98. The molecule has 0 atom stereocenters. The lowest BCUT2D eigenvalue weighted by Gasteiger charge is -2.16. The summed E-state index contributed by atoms with van der Waals surface area (Å²) in [5.74, 6) is -1.18. The Bertz CT molecular complexity index is 1040. The molecule has 0 unspecified atom stereocenters. The molecule has 1 aromatic heterocycles. The molecule has 1 heterocycles. The van der Waals surface area contributed by atoms with Crippen molar-refractivity contribution in [2.75, 3.05) is 18.9 Å². The van der Waals surface area contributed by atoms with E-state index in [1.54, 1.807) is 6.20 Å². The van der Waals surface area contributed by atoms with E-state index < -0.39 is 18.0 Å². The Hall–Kier alpha value is -3.49. The van der Waals surface area contributed by atoms with Gasteiger partial charge in [0.2, 0.25) is 5.91 Å². The largest absolute Gasteiger partial charge is 0.573 e. The van der Waals surface area contributed by atoms with Crippen molar-refractivity contribution < 1.29 is 27.5 Å². The standard InChI is InChI=1S/C20H18F3N3O3/c1-25-11-16(15-5-3-4-6-17(15)25)19(28)26(2)12-18(27)24-13-7-9-14(10-8-13)29-20(21,22)23/h3-11H,12H2,1-2H3,(H,24,27). The molecule has 0 saturated heterocycles. The predicted octanol–water partition coefficient (Wildman–Crippen LogP) is 3.79. The number of hydrogen-bond donors (Lipinski definition) is 1. The van der Waals surface area contributed by atoms with Crippen LogP contribution in [0.1, 0.15) is 10.4 Å². The fourth-order valence-electron chi connectivity index (χ4n) is 2.95. The molecule has 152 valence electrons. The van der Waals surface area contributed by atoms with E-state index in [1.807, 2.05) is 35.9 Å². The van der Waals surface area contributed by atoms with Crippen molar-refractivity contribution in [3.05, 3.63) is 60.3 Å². The number of anilines is 1. The lowest BCUT2D eigenvalue weighted by atomic mass is 10.1. The summed E-state index contributed by atoms with van der Waals surface area (Å²) in [7, 11) is 3.34. The van der Waals surface area contributed by atoms with Gasteiger partial charge in [-0.3, -0.25) is 9.59 Å². The van der Waals surface area contributed by atoms with Crippen LogP contribution >= 0.6 is 0 Å². The SMILES string of the molecule is CN(CC(=O)Nc1ccc(OC(F)(F)F)cc1)C(=O)c1cn(C)c2ccccc12. The molecular formula is C20H18F3N3O3. The maximum absolute atomic E-state index is 12.7. The van der Waals surface area contributed by atoms with Crippen LogP contribution in [0.5, 0.6) is 5.75 Å². The Morgan fingerprint density at radius 3 is 2.41 bits per heavy atom. The Balaban J connectivity index is 1.63. The molecule has 0 spiro atoms. The molecule has 0 saturated carbocycles. The van der Waals surface area contributed by atoms with Gasteiger partial charge in [-0.2, -0.15) is 0 Å². The summed E-state index contributed by atoms with van der Waals surface area (Å²) < 4.78 is 42.1. The summed E-state index contributed by atoms with van der Waals surface area (Å²) in [5, 5.41) is 3.32. The van der Waals surface area contributed by atoms with E-state index in [4.69, 9.17) is 0 Å². The van der Waals surface area contributed by atoms with Crippen molar-refractivity contribution in [1.82, 2.24) is 9.47 Å². The number of ether oxygens (including phenoxy) is 1. The van der Waals surface area contributed by atoms with E-state index in [1.165, 1.54) is 24.1 Å². The summed E-state index contributed by atoms with van der Waals surface area (Å²) in [6.07, 6.45) is -3.07. The minimum atomic E-state index is -4.78. The molecule has 2 amide bonds. The summed E-state index contributed by atoms with van der Waals surface area (Å²) >= 11 is 0. The first-order valence-electron chi connectivity index (χ1n) is 8.59. The zero-order valence-corrected chi connectivity index (χ0v) is 15.7. The molecule has 0 aliphatic rings. The van der Waals surface area contributed by atoms with Crippen molar-refractivity contribution in [2.45, 2.75) is 6.36 Å². The Kier molecular flexibility index (Phi) is 5.49. The minimum absolute atomic E-state index is 0.219. The number of hydrogen-bond acceptors (Lipinski definition) is 3. The van der Waals surface area contributed by atoms with Gasteiger partial charge in [0.05, 0.1) is 12.1 Å². The smallest absolute Gasteiger partial charge is 0.406 e. The Morgan fingerprint density at radius 2 is 1.76 bits per heavy atom. The van der Waals surface area contributed by atoms with E-state index in [0.717, 1.165) is 23.0 Å². The molecule has 6 nitrogen and oxygen atoms in total. The van der Waals surface area contributed by atoms with Gasteiger partial charge in [-0.25, -0.2) is 0 Å². The van der Waals surface area contributed by atoms with Crippen LogP contribution < -0.4 is 10.1 Å². The van der Waals surface area contributed by atoms with Crippen molar-refractivity contribution in [3.63, 3.8) is 0 Å². The molecule has 3 aromatic rings. The van der Waals surface area contributed by atoms with Gasteiger partial charge in [0.1, 0.15) is 5.75 Å². The molecule has 0 radical (unpaired) electrons. The molecule has 2 aromatic carbocycles. The lowest BCUT2D eigenvalue weighted by molar-refractivity contribution is -0.274. The Morgan fingerprint density at radius 1 is 1.10 bits per heavy atom. The molecular weight excluding hydrogens is 387 g/mol. The van der Waals surface area contributed by atoms with Gasteiger partial charge in [-0.05, 0) is 30.3 Å². The third-order valence-electron chi connectivity index (χ3n) is 4.23. The van der Waals surface area contributed by atoms with Crippen molar-refractivity contribution in [1.29, 1.82) is 0 Å². The van der Waals surface area contributed by atoms with Crippen LogP contribution in [0.4, 0.5) is 18.9 Å². The first-order chi connectivity index (χ1) is 13.6. The fourth-order valence-corrected chi connectivity index (χ4v) is 2.95. The molecule has 0 bridgehead atoms. The molecule has 0 aliphatic carbocycles. The van der Waals surface area contributed by atoms with Crippen LogP contribution in [0.15, 0.2) is 54.7 Å². The quantitative estimate of drug-likeness (QED) is 0.703. The van der Waals surface area contributed by atoms with E-state index in [-0.39, 0.29) is 18.1 Å². The van der Waals surface area contributed by atoms with E-state index in [9.17, 15) is 22.8 Å². The number of alkyl halides is 3. The number of amides is 2. The second-order valence-corrected chi connectivity index (χ2v) is 6.45. The molecule has 0 fully saturated rings. The highest BCUT2D eigenvalue weighted by molar-refractivity contribution is 6.08. The number of rotatable bonds is 5. The number of carbonyl (C=O) groups excluding carboxylic acids is 2. The van der Waals surface area contributed by atoms with Crippen LogP contribution in [0.25, 0.3) is 10.9 Å². The summed E-state index contributed by atoms with van der Waals surface area (Å²) in [6.45, 7) is -0.219. The van der Waals surface area contributed by atoms with Crippen LogP contribution in [-0.2, 0) is 11.8 Å². The number of aryl methyl sites for hydroxylation is 1. The Labute approximate surface area is 164 Å². The van der Waals surface area contributed by atoms with Crippen molar-refractivity contribution >= 4 is 28.4 Å². The number of carbonyl (C=O) groups is 2. The zero-order chi connectivity index (χ0) is 21.2. The molecule has 1 N–H and O–H groups in total. The van der Waals surface area contributed by atoms with Crippen LogP contribution in [-0.4, -0.2) is 41.2 Å². The van der Waals surface area contributed by atoms with Crippen molar-refractivity contribution in [3.8, 4) is 5.75 Å². The molecule has 3 rings (SSSR count). The fraction of sp³-hybridized carbons (Fsp3) is 0.200. The molecule has 29 heavy (non-hydrogen) atoms. The maximum atomic E-state index is 12.7. The van der Waals surface area contributed by atoms with E-state index in [2.05, 4.69) is 10.1 Å². The van der Waals surface area contributed by atoms with Gasteiger partial charge in [0.15, 0.2) is 0 Å². The molecule has 9 heteroatoms. The highest BCUT2D eigenvalue weighted by Gasteiger charge is 2.31. The molecule has 0 aliphatic heterocycles. The zero-order valence-electron chi connectivity index (χ0n) is 15.7. The van der Waals surface area contributed by atoms with Gasteiger partial charge in [0.25, 0.3) is 5.91 Å². The average molecular weight is 405 g/mol. The first kappa shape index (κ1) is 20.2. The maximum Gasteiger partial charge on any atom is 0.573 e. The number of fused-ring (bicyclic) bond motifs is 1. The number of nitrogens with one attached hydrogen (secondary N) is 1. The van der Waals surface area contributed by atoms with Crippen LogP contribution in [0.2, 0.25) is 0 Å². The highest BCUT2D eigenvalue weighted by atomic mass is 19.4. The van der Waals surface area contributed by atoms with Gasteiger partial charge in [-0.15, -0.1) is 13.2 Å². The first-order valence-corrected chi connectivity index (χ1v) is 8.59. The van der Waals surface area contributed by atoms with Crippen molar-refractivity contribution in [2.24, 2.45) is 7.05 Å². The third-order valence-corrected chi connectivity index (χ3v) is 4.23. The summed E-state index contributed by atoms with van der Waals surface area (Å²) in [5.41, 5.74) is 1.66. The van der Waals surface area contributed by atoms with E-state index >= 15 is 0 Å². The van der Waals surface area contributed by atoms with E-state index in [0.29, 0.717) is 5.56 Å². The number of nitrogens with zero attached hydrogens (tertiary/aromatic N) is 2. The number of benzene rings is 2. The predicted molar refractivity (Wildman–Crippen MR) is 102 cm³/mol. The number of aromatic nitrogens is 1. The highest BCUT2D eigenvalue weighted by Crippen LogP contribution is 2.24. The van der Waals surface area contributed by atoms with Gasteiger partial charge < -0.3 is 19.5 Å². The third kappa shape index (κ3) is 4.87. The van der Waals surface area contributed by atoms with Gasteiger partial charge in [0, 0.05) is 36.9 Å². The summed E-state index contributed by atoms with van der Waals surface area (Å²) in [4.78, 5) is 26.2. The number of para-hydroxylation sites is 1.